The topological polar surface area (TPSA) is 38.1 Å². The summed E-state index contributed by atoms with van der Waals surface area (Å²) in [4.78, 5) is 4.25. The summed E-state index contributed by atoms with van der Waals surface area (Å²) >= 11 is 0. The molecule has 0 fully saturated rings. The minimum absolute atomic E-state index is 0.671. The largest absolute Gasteiger partial charge is 0.444 e. The van der Waals surface area contributed by atoms with Gasteiger partial charge >= 0.3 is 0 Å². The molecule has 1 heterocycles. The summed E-state index contributed by atoms with van der Waals surface area (Å²) < 4.78 is 5.29. The standard InChI is InChI=1S/C11H12N2O/c1-8-7-14-11(13-8)9-3-5-10(12-2)6-4-9/h3-7,12H,1-2H3. The van der Waals surface area contributed by atoms with E-state index in [1.54, 1.807) is 6.26 Å². The van der Waals surface area contributed by atoms with Crippen LogP contribution in [0.3, 0.4) is 0 Å². The Hall–Kier alpha value is -1.77. The molecular formula is C11H12N2O. The van der Waals surface area contributed by atoms with Gasteiger partial charge in [0.15, 0.2) is 0 Å². The van der Waals surface area contributed by atoms with E-state index in [1.165, 1.54) is 0 Å². The van der Waals surface area contributed by atoms with E-state index in [4.69, 9.17) is 4.42 Å². The predicted octanol–water partition coefficient (Wildman–Crippen LogP) is 2.69. The fourth-order valence-electron chi connectivity index (χ4n) is 1.27. The molecule has 0 atom stereocenters. The summed E-state index contributed by atoms with van der Waals surface area (Å²) in [7, 11) is 1.89. The molecule has 0 saturated heterocycles. The van der Waals surface area contributed by atoms with Gasteiger partial charge < -0.3 is 9.73 Å². The van der Waals surface area contributed by atoms with Crippen LogP contribution in [0.2, 0.25) is 0 Å². The summed E-state index contributed by atoms with van der Waals surface area (Å²) in [5, 5.41) is 3.06. The first-order valence-electron chi connectivity index (χ1n) is 4.50. The van der Waals surface area contributed by atoms with Gasteiger partial charge in [-0.3, -0.25) is 0 Å². The van der Waals surface area contributed by atoms with Crippen molar-refractivity contribution >= 4 is 5.69 Å². The van der Waals surface area contributed by atoms with Crippen molar-refractivity contribution in [3.8, 4) is 11.5 Å². The van der Waals surface area contributed by atoms with E-state index in [0.29, 0.717) is 5.89 Å². The Labute approximate surface area is 82.8 Å². The van der Waals surface area contributed by atoms with Gasteiger partial charge in [0, 0.05) is 18.3 Å². The molecule has 0 radical (unpaired) electrons. The highest BCUT2D eigenvalue weighted by Gasteiger charge is 2.03. The second-order valence-corrected chi connectivity index (χ2v) is 3.12. The number of oxazole rings is 1. The molecule has 72 valence electrons. The molecule has 0 saturated carbocycles. The SMILES string of the molecule is CNc1ccc(-c2nc(C)co2)cc1. The summed E-state index contributed by atoms with van der Waals surface area (Å²) in [6, 6.07) is 7.96. The minimum atomic E-state index is 0.671. The second-order valence-electron chi connectivity index (χ2n) is 3.12. The van der Waals surface area contributed by atoms with Crippen LogP contribution in [0.25, 0.3) is 11.5 Å². The molecule has 0 unspecified atom stereocenters. The fourth-order valence-corrected chi connectivity index (χ4v) is 1.27. The van der Waals surface area contributed by atoms with E-state index in [1.807, 2.05) is 38.2 Å². The molecule has 1 aromatic heterocycles. The van der Waals surface area contributed by atoms with Crippen molar-refractivity contribution in [3.05, 3.63) is 36.2 Å². The van der Waals surface area contributed by atoms with Gasteiger partial charge in [-0.1, -0.05) is 0 Å². The second kappa shape index (κ2) is 3.54. The lowest BCUT2D eigenvalue weighted by molar-refractivity contribution is 0.573. The average molecular weight is 188 g/mol. The van der Waals surface area contributed by atoms with Crippen LogP contribution in [-0.2, 0) is 0 Å². The van der Waals surface area contributed by atoms with Crippen molar-refractivity contribution < 1.29 is 4.42 Å². The minimum Gasteiger partial charge on any atom is -0.444 e. The Morgan fingerprint density at radius 3 is 2.43 bits per heavy atom. The van der Waals surface area contributed by atoms with E-state index in [0.717, 1.165) is 16.9 Å². The molecular weight excluding hydrogens is 176 g/mol. The molecule has 0 spiro atoms. The third-order valence-corrected chi connectivity index (χ3v) is 2.04. The van der Waals surface area contributed by atoms with Gasteiger partial charge in [-0.05, 0) is 31.2 Å². The van der Waals surface area contributed by atoms with Crippen molar-refractivity contribution in [1.29, 1.82) is 0 Å². The van der Waals surface area contributed by atoms with Crippen molar-refractivity contribution in [3.63, 3.8) is 0 Å². The van der Waals surface area contributed by atoms with Crippen LogP contribution in [0.1, 0.15) is 5.69 Å². The first kappa shape index (κ1) is 8.81. The van der Waals surface area contributed by atoms with Crippen molar-refractivity contribution in [2.45, 2.75) is 6.92 Å². The summed E-state index contributed by atoms with van der Waals surface area (Å²) in [5.41, 5.74) is 2.98. The lowest BCUT2D eigenvalue weighted by Crippen LogP contribution is -1.86. The number of aryl methyl sites for hydroxylation is 1. The molecule has 0 aliphatic rings. The fraction of sp³-hybridized carbons (Fsp3) is 0.182. The van der Waals surface area contributed by atoms with Crippen molar-refractivity contribution in [2.75, 3.05) is 12.4 Å². The van der Waals surface area contributed by atoms with E-state index < -0.39 is 0 Å². The van der Waals surface area contributed by atoms with Gasteiger partial charge in [-0.2, -0.15) is 0 Å². The van der Waals surface area contributed by atoms with E-state index in [2.05, 4.69) is 10.3 Å². The zero-order valence-corrected chi connectivity index (χ0v) is 8.24. The quantitative estimate of drug-likeness (QED) is 0.787. The number of nitrogens with zero attached hydrogens (tertiary/aromatic N) is 1. The van der Waals surface area contributed by atoms with Gasteiger partial charge in [-0.15, -0.1) is 0 Å². The molecule has 0 bridgehead atoms. The Morgan fingerprint density at radius 2 is 1.93 bits per heavy atom. The number of aromatic nitrogens is 1. The van der Waals surface area contributed by atoms with Gasteiger partial charge in [-0.25, -0.2) is 4.98 Å². The number of nitrogens with one attached hydrogen (secondary N) is 1. The maximum absolute atomic E-state index is 5.29. The van der Waals surface area contributed by atoms with Crippen LogP contribution in [0.4, 0.5) is 5.69 Å². The van der Waals surface area contributed by atoms with Crippen LogP contribution in [-0.4, -0.2) is 12.0 Å². The van der Waals surface area contributed by atoms with E-state index in [9.17, 15) is 0 Å². The highest BCUT2D eigenvalue weighted by atomic mass is 16.3. The van der Waals surface area contributed by atoms with Crippen LogP contribution < -0.4 is 5.32 Å². The molecule has 0 aliphatic heterocycles. The first-order valence-corrected chi connectivity index (χ1v) is 4.50. The molecule has 3 nitrogen and oxygen atoms in total. The monoisotopic (exact) mass is 188 g/mol. The normalized spacial score (nSPS) is 10.1. The number of anilines is 1. The Bertz CT molecular complexity index is 417. The number of hydrogen-bond donors (Lipinski definition) is 1. The van der Waals surface area contributed by atoms with E-state index in [-0.39, 0.29) is 0 Å². The summed E-state index contributed by atoms with van der Waals surface area (Å²) in [5.74, 6) is 0.671. The molecule has 3 heteroatoms. The third kappa shape index (κ3) is 1.62. The molecule has 14 heavy (non-hydrogen) atoms. The van der Waals surface area contributed by atoms with Gasteiger partial charge in [0.25, 0.3) is 0 Å². The number of benzene rings is 1. The molecule has 0 aliphatic carbocycles. The average Bonchev–Trinajstić information content (AvgIpc) is 2.65. The highest BCUT2D eigenvalue weighted by molar-refractivity contribution is 5.58. The lowest BCUT2D eigenvalue weighted by atomic mass is 10.2. The van der Waals surface area contributed by atoms with Crippen LogP contribution >= 0.6 is 0 Å². The number of hydrogen-bond acceptors (Lipinski definition) is 3. The maximum Gasteiger partial charge on any atom is 0.226 e. The molecule has 0 amide bonds. The zero-order chi connectivity index (χ0) is 9.97. The van der Waals surface area contributed by atoms with Gasteiger partial charge in [0.05, 0.1) is 5.69 Å². The Kier molecular flexibility index (Phi) is 2.23. The number of rotatable bonds is 2. The Morgan fingerprint density at radius 1 is 1.21 bits per heavy atom. The van der Waals surface area contributed by atoms with Crippen LogP contribution in [0.5, 0.6) is 0 Å². The van der Waals surface area contributed by atoms with Crippen molar-refractivity contribution in [2.24, 2.45) is 0 Å². The Balaban J connectivity index is 2.33. The molecule has 2 aromatic rings. The van der Waals surface area contributed by atoms with Crippen LogP contribution in [0, 0.1) is 6.92 Å². The first-order chi connectivity index (χ1) is 6.79. The third-order valence-electron chi connectivity index (χ3n) is 2.04. The molecule has 2 rings (SSSR count). The smallest absolute Gasteiger partial charge is 0.226 e. The van der Waals surface area contributed by atoms with Gasteiger partial charge in [0.2, 0.25) is 5.89 Å². The van der Waals surface area contributed by atoms with Gasteiger partial charge in [0.1, 0.15) is 6.26 Å². The lowest BCUT2D eigenvalue weighted by Gasteiger charge is -1.99. The summed E-state index contributed by atoms with van der Waals surface area (Å²) in [6.45, 7) is 1.91. The van der Waals surface area contributed by atoms with E-state index >= 15 is 0 Å². The molecule has 1 aromatic carbocycles. The summed E-state index contributed by atoms with van der Waals surface area (Å²) in [6.07, 6.45) is 1.65. The zero-order valence-electron chi connectivity index (χ0n) is 8.24. The highest BCUT2D eigenvalue weighted by Crippen LogP contribution is 2.20. The predicted molar refractivity (Wildman–Crippen MR) is 56.2 cm³/mol. The van der Waals surface area contributed by atoms with Crippen molar-refractivity contribution in [1.82, 2.24) is 4.98 Å². The maximum atomic E-state index is 5.29. The van der Waals surface area contributed by atoms with Crippen LogP contribution in [0.15, 0.2) is 34.9 Å². The molecule has 1 N–H and O–H groups in total.